The summed E-state index contributed by atoms with van der Waals surface area (Å²) < 4.78 is 0. The van der Waals surface area contributed by atoms with E-state index in [0.29, 0.717) is 31.7 Å². The van der Waals surface area contributed by atoms with E-state index in [1.807, 2.05) is 49.4 Å². The van der Waals surface area contributed by atoms with Gasteiger partial charge in [-0.3, -0.25) is 14.4 Å². The van der Waals surface area contributed by atoms with Crippen LogP contribution in [0.1, 0.15) is 30.9 Å². The highest BCUT2D eigenvalue weighted by atomic mass is 16.2. The zero-order chi connectivity index (χ0) is 22.2. The molecule has 162 valence electrons. The van der Waals surface area contributed by atoms with E-state index in [1.54, 1.807) is 24.1 Å². The second-order valence-corrected chi connectivity index (χ2v) is 7.78. The predicted octanol–water partition coefficient (Wildman–Crippen LogP) is 2.79. The molecule has 0 saturated carbocycles. The first-order valence-corrected chi connectivity index (χ1v) is 10.5. The van der Waals surface area contributed by atoms with Gasteiger partial charge in [-0.1, -0.05) is 30.3 Å². The van der Waals surface area contributed by atoms with Crippen molar-refractivity contribution in [3.8, 4) is 0 Å². The molecule has 1 saturated heterocycles. The molecule has 0 radical (unpaired) electrons. The normalized spacial score (nSPS) is 15.5. The summed E-state index contributed by atoms with van der Waals surface area (Å²) in [6.07, 6.45) is 5.96. The molecule has 1 unspecified atom stereocenters. The summed E-state index contributed by atoms with van der Waals surface area (Å²) in [7, 11) is 0. The Hall–Kier alpha value is -3.48. The first kappa shape index (κ1) is 22.2. The maximum atomic E-state index is 12.7. The largest absolute Gasteiger partial charge is 0.341 e. The van der Waals surface area contributed by atoms with Crippen molar-refractivity contribution in [1.82, 2.24) is 15.2 Å². The number of hydrogen-bond donors (Lipinski definition) is 2. The van der Waals surface area contributed by atoms with Crippen LogP contribution in [0.25, 0.3) is 6.08 Å². The second-order valence-electron chi connectivity index (χ2n) is 7.78. The van der Waals surface area contributed by atoms with Crippen LogP contribution in [-0.4, -0.2) is 46.7 Å². The van der Waals surface area contributed by atoms with Gasteiger partial charge in [0.15, 0.2) is 0 Å². The Morgan fingerprint density at radius 3 is 2.52 bits per heavy atom. The number of nitrogens with one attached hydrogen (secondary N) is 2. The Labute approximate surface area is 182 Å². The number of hydrogen-bond acceptors (Lipinski definition) is 4. The van der Waals surface area contributed by atoms with Crippen LogP contribution >= 0.6 is 0 Å². The van der Waals surface area contributed by atoms with Crippen LogP contribution in [0.3, 0.4) is 0 Å². The molecular formula is C24H28N4O3. The average molecular weight is 421 g/mol. The number of carbonyl (C=O) groups is 3. The van der Waals surface area contributed by atoms with E-state index in [2.05, 4.69) is 15.6 Å². The monoisotopic (exact) mass is 420 g/mol. The van der Waals surface area contributed by atoms with Gasteiger partial charge in [-0.2, -0.15) is 0 Å². The Balaban J connectivity index is 1.45. The zero-order valence-corrected chi connectivity index (χ0v) is 17.9. The van der Waals surface area contributed by atoms with Crippen molar-refractivity contribution in [2.24, 2.45) is 5.92 Å². The number of carbonyl (C=O) groups excluding carboxylic acids is 3. The summed E-state index contributed by atoms with van der Waals surface area (Å²) in [6, 6.07) is 12.6. The first-order valence-electron chi connectivity index (χ1n) is 10.5. The third-order valence-electron chi connectivity index (χ3n) is 5.30. The highest BCUT2D eigenvalue weighted by Crippen LogP contribution is 2.20. The average Bonchev–Trinajstić information content (AvgIpc) is 2.78. The standard InChI is InChI=1S/C24H28N4O3/c1-17-10-13-25-21(16-17)27-23(30)20-11-14-28(15-12-20)24(31)18(2)26-22(29)9-8-19-6-4-3-5-7-19/h3-10,13,16,18,20H,11-12,14-15H2,1-2H3,(H,26,29)(H,25,27,30). The number of rotatable bonds is 6. The van der Waals surface area contributed by atoms with Crippen molar-refractivity contribution in [3.05, 3.63) is 65.9 Å². The molecule has 7 nitrogen and oxygen atoms in total. The van der Waals surface area contributed by atoms with Crippen LogP contribution in [-0.2, 0) is 14.4 Å². The number of anilines is 1. The summed E-state index contributed by atoms with van der Waals surface area (Å²) in [5, 5.41) is 5.57. The SMILES string of the molecule is Cc1ccnc(NC(=O)C2CCN(C(=O)C(C)NC(=O)C=Cc3ccccc3)CC2)c1. The molecule has 0 bridgehead atoms. The topological polar surface area (TPSA) is 91.4 Å². The number of benzene rings is 1. The van der Waals surface area contributed by atoms with E-state index in [1.165, 1.54) is 6.08 Å². The molecule has 2 aromatic rings. The molecule has 1 fully saturated rings. The van der Waals surface area contributed by atoms with Gasteiger partial charge in [0.05, 0.1) is 0 Å². The van der Waals surface area contributed by atoms with Gasteiger partial charge in [0.25, 0.3) is 0 Å². The van der Waals surface area contributed by atoms with Crippen LogP contribution in [0.2, 0.25) is 0 Å². The van der Waals surface area contributed by atoms with Crippen LogP contribution in [0.15, 0.2) is 54.7 Å². The third-order valence-corrected chi connectivity index (χ3v) is 5.30. The van der Waals surface area contributed by atoms with Crippen LogP contribution in [0.4, 0.5) is 5.82 Å². The van der Waals surface area contributed by atoms with E-state index in [-0.39, 0.29) is 23.6 Å². The van der Waals surface area contributed by atoms with Gasteiger partial charge in [0, 0.05) is 31.3 Å². The summed E-state index contributed by atoms with van der Waals surface area (Å²) in [5.41, 5.74) is 1.94. The van der Waals surface area contributed by atoms with Gasteiger partial charge >= 0.3 is 0 Å². The number of nitrogens with zero attached hydrogens (tertiary/aromatic N) is 2. The molecule has 3 amide bonds. The van der Waals surface area contributed by atoms with E-state index in [4.69, 9.17) is 0 Å². The minimum absolute atomic E-state index is 0.0717. The van der Waals surface area contributed by atoms with Crippen LogP contribution in [0, 0.1) is 12.8 Å². The maximum Gasteiger partial charge on any atom is 0.244 e. The fourth-order valence-electron chi connectivity index (χ4n) is 3.53. The highest BCUT2D eigenvalue weighted by Gasteiger charge is 2.29. The minimum atomic E-state index is -0.630. The first-order chi connectivity index (χ1) is 14.9. The van der Waals surface area contributed by atoms with Gasteiger partial charge in [-0.25, -0.2) is 4.98 Å². The van der Waals surface area contributed by atoms with E-state index in [9.17, 15) is 14.4 Å². The summed E-state index contributed by atoms with van der Waals surface area (Å²) in [5.74, 6) is -0.142. The minimum Gasteiger partial charge on any atom is -0.341 e. The lowest BCUT2D eigenvalue weighted by molar-refractivity contribution is -0.137. The lowest BCUT2D eigenvalue weighted by Crippen LogP contribution is -2.50. The van der Waals surface area contributed by atoms with Crippen molar-refractivity contribution in [1.29, 1.82) is 0 Å². The summed E-state index contributed by atoms with van der Waals surface area (Å²) in [4.78, 5) is 43.2. The van der Waals surface area contributed by atoms with Crippen molar-refractivity contribution in [3.63, 3.8) is 0 Å². The Morgan fingerprint density at radius 2 is 1.84 bits per heavy atom. The van der Waals surface area contributed by atoms with E-state index in [0.717, 1.165) is 11.1 Å². The van der Waals surface area contributed by atoms with Crippen molar-refractivity contribution in [2.75, 3.05) is 18.4 Å². The molecular weight excluding hydrogens is 392 g/mol. The number of aryl methyl sites for hydroxylation is 1. The number of piperidine rings is 1. The number of pyridine rings is 1. The van der Waals surface area contributed by atoms with Crippen molar-refractivity contribution >= 4 is 29.6 Å². The van der Waals surface area contributed by atoms with Gasteiger partial charge in [-0.05, 0) is 56.0 Å². The Bertz CT molecular complexity index is 950. The van der Waals surface area contributed by atoms with E-state index < -0.39 is 6.04 Å². The van der Waals surface area contributed by atoms with E-state index >= 15 is 0 Å². The molecule has 3 rings (SSSR count). The smallest absolute Gasteiger partial charge is 0.244 e. The lowest BCUT2D eigenvalue weighted by atomic mass is 9.95. The molecule has 31 heavy (non-hydrogen) atoms. The molecule has 1 aromatic carbocycles. The number of amides is 3. The lowest BCUT2D eigenvalue weighted by Gasteiger charge is -2.33. The molecule has 1 aliphatic rings. The maximum absolute atomic E-state index is 12.7. The summed E-state index contributed by atoms with van der Waals surface area (Å²) >= 11 is 0. The second kappa shape index (κ2) is 10.5. The Morgan fingerprint density at radius 1 is 1.13 bits per heavy atom. The predicted molar refractivity (Wildman–Crippen MR) is 120 cm³/mol. The molecule has 1 aliphatic heterocycles. The van der Waals surface area contributed by atoms with Crippen molar-refractivity contribution < 1.29 is 14.4 Å². The fraction of sp³-hybridized carbons (Fsp3) is 0.333. The van der Waals surface area contributed by atoms with Crippen LogP contribution in [0.5, 0.6) is 0 Å². The van der Waals surface area contributed by atoms with Gasteiger partial charge in [0.2, 0.25) is 17.7 Å². The molecule has 0 spiro atoms. The van der Waals surface area contributed by atoms with Crippen LogP contribution < -0.4 is 10.6 Å². The molecule has 7 heteroatoms. The molecule has 1 atom stereocenters. The Kier molecular flexibility index (Phi) is 7.54. The molecule has 1 aromatic heterocycles. The van der Waals surface area contributed by atoms with Crippen molar-refractivity contribution in [2.45, 2.75) is 32.7 Å². The highest BCUT2D eigenvalue weighted by molar-refractivity contribution is 5.95. The summed E-state index contributed by atoms with van der Waals surface area (Å²) in [6.45, 7) is 4.59. The third kappa shape index (κ3) is 6.50. The van der Waals surface area contributed by atoms with Gasteiger partial charge < -0.3 is 15.5 Å². The molecule has 2 N–H and O–H groups in total. The number of likely N-dealkylation sites (tertiary alicyclic amines) is 1. The fourth-order valence-corrected chi connectivity index (χ4v) is 3.53. The molecule has 0 aliphatic carbocycles. The zero-order valence-electron chi connectivity index (χ0n) is 17.9. The van der Waals surface area contributed by atoms with Gasteiger partial charge in [-0.15, -0.1) is 0 Å². The number of aromatic nitrogens is 1. The molecule has 2 heterocycles. The quantitative estimate of drug-likeness (QED) is 0.703. The van der Waals surface area contributed by atoms with Gasteiger partial charge in [0.1, 0.15) is 11.9 Å².